The molecule has 0 aliphatic carbocycles. The van der Waals surface area contributed by atoms with Crippen LogP contribution in [0.2, 0.25) is 0 Å². The molecule has 3 aromatic heterocycles. The van der Waals surface area contributed by atoms with E-state index in [1.165, 1.54) is 4.88 Å². The fraction of sp³-hybridized carbons (Fsp3) is 0.368. The second-order valence-corrected chi connectivity index (χ2v) is 7.61. The molecule has 0 aromatic carbocycles. The van der Waals surface area contributed by atoms with Crippen LogP contribution < -0.4 is 9.80 Å². The standard InChI is InChI=1S/C19H21N5O2S/c1-3-26-19(25)14-4-5-16(20-11-14)23-6-8-24(9-7-23)17-15-10-13(2)27-18(15)22-12-21-17/h4-5,10-12H,3,6-9H2,1-2H3. The van der Waals surface area contributed by atoms with Gasteiger partial charge in [0.1, 0.15) is 22.8 Å². The molecule has 0 spiro atoms. The van der Waals surface area contributed by atoms with Crippen LogP contribution in [0.3, 0.4) is 0 Å². The summed E-state index contributed by atoms with van der Waals surface area (Å²) >= 11 is 1.70. The Labute approximate surface area is 161 Å². The fourth-order valence-electron chi connectivity index (χ4n) is 3.27. The normalized spacial score (nSPS) is 14.6. The number of pyridine rings is 1. The van der Waals surface area contributed by atoms with Gasteiger partial charge in [0, 0.05) is 37.3 Å². The summed E-state index contributed by atoms with van der Waals surface area (Å²) < 4.78 is 5.00. The molecule has 27 heavy (non-hydrogen) atoms. The van der Waals surface area contributed by atoms with Gasteiger partial charge in [-0.1, -0.05) is 0 Å². The highest BCUT2D eigenvalue weighted by atomic mass is 32.1. The number of esters is 1. The molecule has 0 unspecified atom stereocenters. The molecule has 0 radical (unpaired) electrons. The van der Waals surface area contributed by atoms with E-state index in [0.717, 1.165) is 48.0 Å². The van der Waals surface area contributed by atoms with Crippen LogP contribution in [0.1, 0.15) is 22.2 Å². The van der Waals surface area contributed by atoms with Gasteiger partial charge in [-0.2, -0.15) is 0 Å². The van der Waals surface area contributed by atoms with E-state index in [1.807, 2.05) is 6.07 Å². The number of carbonyl (C=O) groups excluding carboxylic acids is 1. The van der Waals surface area contributed by atoms with Gasteiger partial charge in [0.25, 0.3) is 0 Å². The minimum absolute atomic E-state index is 0.333. The molecule has 0 amide bonds. The SMILES string of the molecule is CCOC(=O)c1ccc(N2CCN(c3ncnc4sc(C)cc34)CC2)nc1. The van der Waals surface area contributed by atoms with Gasteiger partial charge >= 0.3 is 5.97 Å². The van der Waals surface area contributed by atoms with E-state index in [9.17, 15) is 4.79 Å². The molecule has 4 heterocycles. The minimum Gasteiger partial charge on any atom is -0.462 e. The predicted molar refractivity (Wildman–Crippen MR) is 107 cm³/mol. The Morgan fingerprint density at radius 2 is 1.93 bits per heavy atom. The molecule has 1 aliphatic rings. The van der Waals surface area contributed by atoms with Crippen LogP contribution in [0.4, 0.5) is 11.6 Å². The summed E-state index contributed by atoms with van der Waals surface area (Å²) in [5.41, 5.74) is 0.482. The van der Waals surface area contributed by atoms with Crippen LogP contribution in [-0.4, -0.2) is 53.7 Å². The van der Waals surface area contributed by atoms with Crippen LogP contribution in [-0.2, 0) is 4.74 Å². The van der Waals surface area contributed by atoms with E-state index in [-0.39, 0.29) is 5.97 Å². The Morgan fingerprint density at radius 1 is 1.15 bits per heavy atom. The van der Waals surface area contributed by atoms with Crippen LogP contribution in [0, 0.1) is 6.92 Å². The van der Waals surface area contributed by atoms with Crippen molar-refractivity contribution in [3.63, 3.8) is 0 Å². The summed E-state index contributed by atoms with van der Waals surface area (Å²) in [6.45, 7) is 7.68. The molecule has 8 heteroatoms. The largest absolute Gasteiger partial charge is 0.462 e. The first-order chi connectivity index (χ1) is 13.2. The number of rotatable bonds is 4. The number of aryl methyl sites for hydroxylation is 1. The van der Waals surface area contributed by atoms with Gasteiger partial charge < -0.3 is 14.5 Å². The molecule has 1 fully saturated rings. The molecule has 4 rings (SSSR count). The Kier molecular flexibility index (Phi) is 4.89. The van der Waals surface area contributed by atoms with Crippen molar-refractivity contribution in [2.24, 2.45) is 0 Å². The maximum atomic E-state index is 11.7. The topological polar surface area (TPSA) is 71.5 Å². The van der Waals surface area contributed by atoms with Crippen molar-refractivity contribution in [2.45, 2.75) is 13.8 Å². The van der Waals surface area contributed by atoms with Crippen LogP contribution in [0.25, 0.3) is 10.2 Å². The molecule has 3 aromatic rings. The molecular weight excluding hydrogens is 362 g/mol. The summed E-state index contributed by atoms with van der Waals surface area (Å²) in [4.78, 5) is 31.9. The lowest BCUT2D eigenvalue weighted by Gasteiger charge is -2.36. The first-order valence-corrected chi connectivity index (χ1v) is 9.81. The number of thiophene rings is 1. The van der Waals surface area contributed by atoms with E-state index in [0.29, 0.717) is 12.2 Å². The van der Waals surface area contributed by atoms with Crippen molar-refractivity contribution < 1.29 is 9.53 Å². The van der Waals surface area contributed by atoms with Gasteiger partial charge in [0.2, 0.25) is 0 Å². The number of aromatic nitrogens is 3. The van der Waals surface area contributed by atoms with E-state index in [4.69, 9.17) is 4.74 Å². The first-order valence-electron chi connectivity index (χ1n) is 9.00. The average molecular weight is 383 g/mol. The van der Waals surface area contributed by atoms with Crippen LogP contribution in [0.5, 0.6) is 0 Å². The molecular formula is C19H21N5O2S. The number of carbonyl (C=O) groups is 1. The van der Waals surface area contributed by atoms with Crippen molar-refractivity contribution in [2.75, 3.05) is 42.6 Å². The number of hydrogen-bond acceptors (Lipinski definition) is 8. The second kappa shape index (κ2) is 7.48. The monoisotopic (exact) mass is 383 g/mol. The summed E-state index contributed by atoms with van der Waals surface area (Å²) in [5, 5.41) is 1.13. The maximum absolute atomic E-state index is 11.7. The maximum Gasteiger partial charge on any atom is 0.339 e. The Bertz CT molecular complexity index is 948. The zero-order valence-corrected chi connectivity index (χ0v) is 16.2. The van der Waals surface area contributed by atoms with Crippen molar-refractivity contribution in [3.8, 4) is 0 Å². The molecule has 1 saturated heterocycles. The van der Waals surface area contributed by atoms with Crippen molar-refractivity contribution in [1.82, 2.24) is 15.0 Å². The summed E-state index contributed by atoms with van der Waals surface area (Å²) in [5.74, 6) is 1.55. The highest BCUT2D eigenvalue weighted by Gasteiger charge is 2.21. The van der Waals surface area contributed by atoms with Gasteiger partial charge in [-0.3, -0.25) is 0 Å². The van der Waals surface area contributed by atoms with E-state index < -0.39 is 0 Å². The quantitative estimate of drug-likeness (QED) is 0.642. The molecule has 0 bridgehead atoms. The van der Waals surface area contributed by atoms with Crippen LogP contribution in [0.15, 0.2) is 30.7 Å². The molecule has 0 saturated carbocycles. The highest BCUT2D eigenvalue weighted by Crippen LogP contribution is 2.30. The van der Waals surface area contributed by atoms with Gasteiger partial charge in [-0.05, 0) is 32.0 Å². The second-order valence-electron chi connectivity index (χ2n) is 6.37. The van der Waals surface area contributed by atoms with Gasteiger partial charge in [-0.15, -0.1) is 11.3 Å². The third-order valence-corrected chi connectivity index (χ3v) is 5.55. The van der Waals surface area contributed by atoms with Crippen LogP contribution >= 0.6 is 11.3 Å². The van der Waals surface area contributed by atoms with Gasteiger partial charge in [-0.25, -0.2) is 19.7 Å². The van der Waals surface area contributed by atoms with Crippen molar-refractivity contribution >= 4 is 39.2 Å². The Morgan fingerprint density at radius 3 is 2.63 bits per heavy atom. The average Bonchev–Trinajstić information content (AvgIpc) is 3.08. The molecule has 140 valence electrons. The Balaban J connectivity index is 1.45. The number of anilines is 2. The predicted octanol–water partition coefficient (Wildman–Crippen LogP) is 2.90. The zero-order chi connectivity index (χ0) is 18.8. The summed E-state index contributed by atoms with van der Waals surface area (Å²) in [7, 11) is 0. The van der Waals surface area contributed by atoms with E-state index >= 15 is 0 Å². The lowest BCUT2D eigenvalue weighted by Crippen LogP contribution is -2.47. The first kappa shape index (κ1) is 17.7. The number of ether oxygens (including phenoxy) is 1. The van der Waals surface area contributed by atoms with Crippen molar-refractivity contribution in [1.29, 1.82) is 0 Å². The Hall–Kier alpha value is -2.74. The molecule has 0 atom stereocenters. The number of hydrogen-bond donors (Lipinski definition) is 0. The lowest BCUT2D eigenvalue weighted by molar-refractivity contribution is 0.0526. The summed E-state index contributed by atoms with van der Waals surface area (Å²) in [6.07, 6.45) is 3.23. The molecule has 7 nitrogen and oxygen atoms in total. The smallest absolute Gasteiger partial charge is 0.339 e. The third kappa shape index (κ3) is 3.57. The van der Waals surface area contributed by atoms with E-state index in [1.54, 1.807) is 36.9 Å². The highest BCUT2D eigenvalue weighted by molar-refractivity contribution is 7.18. The van der Waals surface area contributed by atoms with Crippen molar-refractivity contribution in [3.05, 3.63) is 41.2 Å². The lowest BCUT2D eigenvalue weighted by atomic mass is 10.2. The number of fused-ring (bicyclic) bond motifs is 1. The van der Waals surface area contributed by atoms with E-state index in [2.05, 4.69) is 37.7 Å². The number of nitrogens with zero attached hydrogens (tertiary/aromatic N) is 5. The fourth-order valence-corrected chi connectivity index (χ4v) is 4.11. The van der Waals surface area contributed by atoms with Gasteiger partial charge in [0.15, 0.2) is 0 Å². The molecule has 0 N–H and O–H groups in total. The van der Waals surface area contributed by atoms with Gasteiger partial charge in [0.05, 0.1) is 17.6 Å². The zero-order valence-electron chi connectivity index (χ0n) is 15.4. The summed E-state index contributed by atoms with van der Waals surface area (Å²) in [6, 6.07) is 5.82. The minimum atomic E-state index is -0.333. The third-order valence-electron chi connectivity index (χ3n) is 4.59. The molecule has 1 aliphatic heterocycles. The number of piperazine rings is 1.